The summed E-state index contributed by atoms with van der Waals surface area (Å²) in [4.78, 5) is 22.3. The molecule has 0 unspecified atom stereocenters. The lowest BCUT2D eigenvalue weighted by Gasteiger charge is -2.26. The first-order valence-electron chi connectivity index (χ1n) is 9.70. The van der Waals surface area contributed by atoms with E-state index in [0.29, 0.717) is 5.69 Å². The van der Waals surface area contributed by atoms with Gasteiger partial charge in [-0.3, -0.25) is 9.78 Å². The van der Waals surface area contributed by atoms with E-state index in [1.54, 1.807) is 35.4 Å². The number of aliphatic hydroxyl groups is 1. The van der Waals surface area contributed by atoms with Gasteiger partial charge in [-0.1, -0.05) is 0 Å². The van der Waals surface area contributed by atoms with E-state index in [1.165, 1.54) is 6.07 Å². The molecule has 0 aliphatic carbocycles. The van der Waals surface area contributed by atoms with E-state index in [1.807, 2.05) is 11.0 Å². The van der Waals surface area contributed by atoms with E-state index in [4.69, 9.17) is 0 Å². The van der Waals surface area contributed by atoms with Crippen LogP contribution >= 0.6 is 0 Å². The Kier molecular flexibility index (Phi) is 5.64. The van der Waals surface area contributed by atoms with Crippen molar-refractivity contribution in [2.45, 2.75) is 25.1 Å². The van der Waals surface area contributed by atoms with Crippen molar-refractivity contribution in [2.75, 3.05) is 23.4 Å². The predicted octanol–water partition coefficient (Wildman–Crippen LogP) is 3.50. The maximum Gasteiger partial charge on any atom is 0.433 e. The molecule has 3 aromatic rings. The van der Waals surface area contributed by atoms with Gasteiger partial charge in [-0.25, -0.2) is 4.98 Å². The van der Waals surface area contributed by atoms with Crippen molar-refractivity contribution in [1.82, 2.24) is 14.5 Å². The Morgan fingerprint density at radius 3 is 2.71 bits per heavy atom. The number of aliphatic hydroxyl groups excluding tert-OH is 1. The van der Waals surface area contributed by atoms with Gasteiger partial charge in [0.05, 0.1) is 19.0 Å². The summed E-state index contributed by atoms with van der Waals surface area (Å²) in [7, 11) is 0. The Bertz CT molecular complexity index is 1070. The van der Waals surface area contributed by atoms with Gasteiger partial charge in [0.1, 0.15) is 5.69 Å². The Hall–Kier alpha value is -3.40. The minimum Gasteiger partial charge on any atom is -0.394 e. The third kappa shape index (κ3) is 4.53. The van der Waals surface area contributed by atoms with Gasteiger partial charge in [0.25, 0.3) is 5.91 Å². The summed E-state index contributed by atoms with van der Waals surface area (Å²) >= 11 is 0. The topological polar surface area (TPSA) is 83.3 Å². The van der Waals surface area contributed by atoms with Crippen molar-refractivity contribution in [3.63, 3.8) is 0 Å². The van der Waals surface area contributed by atoms with Gasteiger partial charge < -0.3 is 19.9 Å². The third-order valence-corrected chi connectivity index (χ3v) is 5.20. The second-order valence-electron chi connectivity index (χ2n) is 7.26. The van der Waals surface area contributed by atoms with Gasteiger partial charge in [-0.15, -0.1) is 0 Å². The molecule has 10 heteroatoms. The van der Waals surface area contributed by atoms with E-state index in [2.05, 4.69) is 15.3 Å². The van der Waals surface area contributed by atoms with Gasteiger partial charge in [-0.2, -0.15) is 13.2 Å². The van der Waals surface area contributed by atoms with Gasteiger partial charge in [0, 0.05) is 47.8 Å². The average Bonchev–Trinajstić information content (AvgIpc) is 3.45. The number of hydrogen-bond donors (Lipinski definition) is 2. The zero-order valence-corrected chi connectivity index (χ0v) is 16.4. The molecule has 0 radical (unpaired) electrons. The molecule has 0 saturated carbocycles. The van der Waals surface area contributed by atoms with Crippen LogP contribution in [0.5, 0.6) is 0 Å². The van der Waals surface area contributed by atoms with Crippen LogP contribution in [-0.4, -0.2) is 44.7 Å². The molecule has 7 nitrogen and oxygen atoms in total. The molecular formula is C21H20F3N5O2. The number of benzene rings is 1. The quantitative estimate of drug-likeness (QED) is 0.646. The molecular weight excluding hydrogens is 411 g/mol. The number of anilines is 2. The van der Waals surface area contributed by atoms with Crippen molar-refractivity contribution in [3.05, 3.63) is 66.5 Å². The number of rotatable bonds is 5. The fourth-order valence-corrected chi connectivity index (χ4v) is 3.69. The number of carbonyl (C=O) groups excluding carboxylic acids is 1. The zero-order valence-electron chi connectivity index (χ0n) is 16.4. The van der Waals surface area contributed by atoms with Gasteiger partial charge in [0.2, 0.25) is 0 Å². The van der Waals surface area contributed by atoms with Crippen LogP contribution in [0.1, 0.15) is 28.9 Å². The SMILES string of the molecule is O=C(Nc1ccnc(C(F)(F)F)c1)c1cc(N2CCC[C@@H]2CO)cc(-n2ccnc2)c1. The molecule has 1 amide bonds. The van der Waals surface area contributed by atoms with Gasteiger partial charge in [0.15, 0.2) is 0 Å². The molecule has 1 saturated heterocycles. The van der Waals surface area contributed by atoms with E-state index < -0.39 is 17.8 Å². The minimum atomic E-state index is -4.61. The maximum absolute atomic E-state index is 12.9. The zero-order chi connectivity index (χ0) is 22.0. The van der Waals surface area contributed by atoms with Crippen LogP contribution in [0.2, 0.25) is 0 Å². The van der Waals surface area contributed by atoms with E-state index in [-0.39, 0.29) is 23.9 Å². The maximum atomic E-state index is 12.9. The summed E-state index contributed by atoms with van der Waals surface area (Å²) in [5.74, 6) is -0.553. The highest BCUT2D eigenvalue weighted by Gasteiger charge is 2.32. The molecule has 1 fully saturated rings. The molecule has 1 atom stereocenters. The molecule has 162 valence electrons. The fraction of sp³-hybridized carbons (Fsp3) is 0.286. The summed E-state index contributed by atoms with van der Waals surface area (Å²) in [5.41, 5.74) is 0.612. The molecule has 2 aromatic heterocycles. The second kappa shape index (κ2) is 8.38. The van der Waals surface area contributed by atoms with E-state index in [0.717, 1.165) is 37.3 Å². The Balaban J connectivity index is 1.68. The molecule has 1 aliphatic rings. The van der Waals surface area contributed by atoms with Gasteiger partial charge in [-0.05, 0) is 43.2 Å². The largest absolute Gasteiger partial charge is 0.433 e. The van der Waals surface area contributed by atoms with Crippen molar-refractivity contribution in [3.8, 4) is 5.69 Å². The smallest absolute Gasteiger partial charge is 0.394 e. The molecule has 4 rings (SSSR count). The van der Waals surface area contributed by atoms with Crippen LogP contribution < -0.4 is 10.2 Å². The summed E-state index contributed by atoms with van der Waals surface area (Å²) in [6.45, 7) is 0.729. The fourth-order valence-electron chi connectivity index (χ4n) is 3.69. The Morgan fingerprint density at radius 2 is 2.00 bits per heavy atom. The van der Waals surface area contributed by atoms with Crippen LogP contribution in [0, 0.1) is 0 Å². The lowest BCUT2D eigenvalue weighted by molar-refractivity contribution is -0.141. The molecule has 0 bridgehead atoms. The number of amides is 1. The lowest BCUT2D eigenvalue weighted by atomic mass is 10.1. The summed E-state index contributed by atoms with van der Waals surface area (Å²) in [5, 5.41) is 12.2. The number of hydrogen-bond acceptors (Lipinski definition) is 5. The first-order valence-corrected chi connectivity index (χ1v) is 9.70. The Morgan fingerprint density at radius 1 is 1.19 bits per heavy atom. The summed E-state index contributed by atoms with van der Waals surface area (Å²) in [6, 6.07) is 7.24. The monoisotopic (exact) mass is 431 g/mol. The number of nitrogens with one attached hydrogen (secondary N) is 1. The Labute approximate surface area is 176 Å². The molecule has 1 aromatic carbocycles. The number of pyridine rings is 1. The predicted molar refractivity (Wildman–Crippen MR) is 108 cm³/mol. The van der Waals surface area contributed by atoms with E-state index >= 15 is 0 Å². The summed E-state index contributed by atoms with van der Waals surface area (Å²) < 4.78 is 40.5. The number of nitrogens with zero attached hydrogens (tertiary/aromatic N) is 4. The highest BCUT2D eigenvalue weighted by Crippen LogP contribution is 2.30. The van der Waals surface area contributed by atoms with Crippen molar-refractivity contribution >= 4 is 17.3 Å². The van der Waals surface area contributed by atoms with Crippen molar-refractivity contribution in [1.29, 1.82) is 0 Å². The van der Waals surface area contributed by atoms with Gasteiger partial charge >= 0.3 is 6.18 Å². The highest BCUT2D eigenvalue weighted by atomic mass is 19.4. The van der Waals surface area contributed by atoms with Crippen LogP contribution in [0.15, 0.2) is 55.2 Å². The van der Waals surface area contributed by atoms with Crippen molar-refractivity contribution in [2.24, 2.45) is 0 Å². The minimum absolute atomic E-state index is 0.00341. The molecule has 1 aliphatic heterocycles. The highest BCUT2D eigenvalue weighted by molar-refractivity contribution is 6.05. The average molecular weight is 431 g/mol. The number of halogens is 3. The van der Waals surface area contributed by atoms with Crippen LogP contribution in [-0.2, 0) is 6.18 Å². The van der Waals surface area contributed by atoms with Crippen molar-refractivity contribution < 1.29 is 23.1 Å². The first kappa shape index (κ1) is 20.9. The third-order valence-electron chi connectivity index (χ3n) is 5.20. The lowest BCUT2D eigenvalue weighted by Crippen LogP contribution is -2.32. The summed E-state index contributed by atoms with van der Waals surface area (Å²) in [6.07, 6.45) is 3.07. The van der Waals surface area contributed by atoms with Crippen LogP contribution in [0.4, 0.5) is 24.5 Å². The standard InChI is InChI=1S/C21H20F3N5O2/c22-21(23,24)19-10-15(3-4-26-19)27-20(31)14-8-17(28-7-5-25-13-28)11-18(9-14)29-6-1-2-16(29)12-30/h3-5,7-11,13,16,30H,1-2,6,12H2,(H,26,27,31)/t16-/m1/s1. The number of carbonyl (C=O) groups is 1. The number of aromatic nitrogens is 3. The second-order valence-corrected chi connectivity index (χ2v) is 7.26. The molecule has 0 spiro atoms. The van der Waals surface area contributed by atoms with E-state index in [9.17, 15) is 23.1 Å². The van der Waals surface area contributed by atoms with Crippen LogP contribution in [0.3, 0.4) is 0 Å². The normalized spacial score (nSPS) is 16.5. The number of alkyl halides is 3. The molecule has 3 heterocycles. The van der Waals surface area contributed by atoms with Crippen LogP contribution in [0.25, 0.3) is 5.69 Å². The molecule has 31 heavy (non-hydrogen) atoms. The number of imidazole rings is 1. The first-order chi connectivity index (χ1) is 14.8. The molecule has 2 N–H and O–H groups in total.